The van der Waals surface area contributed by atoms with Crippen LogP contribution in [0.1, 0.15) is 53.0 Å². The number of carbonyl (C=O) groups is 1. The third-order valence-corrected chi connectivity index (χ3v) is 4.36. The SMILES string of the molecule is O=C(NC(CCn1cncn1)c1ccccc1)c1cc(C2CC2)on1. The van der Waals surface area contributed by atoms with Gasteiger partial charge in [0.05, 0.1) is 6.04 Å². The molecule has 4 rings (SSSR count). The molecule has 1 unspecified atom stereocenters. The second kappa shape index (κ2) is 6.88. The van der Waals surface area contributed by atoms with Crippen molar-refractivity contribution < 1.29 is 9.32 Å². The summed E-state index contributed by atoms with van der Waals surface area (Å²) in [5, 5.41) is 11.1. The van der Waals surface area contributed by atoms with Gasteiger partial charge in [0, 0.05) is 18.5 Å². The lowest BCUT2D eigenvalue weighted by molar-refractivity contribution is 0.0924. The molecule has 0 radical (unpaired) electrons. The van der Waals surface area contributed by atoms with E-state index < -0.39 is 0 Å². The van der Waals surface area contributed by atoms with Gasteiger partial charge in [-0.1, -0.05) is 35.5 Å². The van der Waals surface area contributed by atoms with E-state index in [9.17, 15) is 4.79 Å². The lowest BCUT2D eigenvalue weighted by atomic mass is 10.0. The van der Waals surface area contributed by atoms with Crippen molar-refractivity contribution in [2.75, 3.05) is 0 Å². The Kier molecular flexibility index (Phi) is 4.28. The van der Waals surface area contributed by atoms with E-state index in [4.69, 9.17) is 4.52 Å². The maximum absolute atomic E-state index is 12.6. The maximum Gasteiger partial charge on any atom is 0.273 e. The predicted octanol–water partition coefficient (Wildman–Crippen LogP) is 2.70. The summed E-state index contributed by atoms with van der Waals surface area (Å²) in [5.41, 5.74) is 1.38. The number of carbonyl (C=O) groups excluding carboxylic acids is 1. The first-order chi connectivity index (χ1) is 12.3. The number of aromatic nitrogens is 4. The smallest absolute Gasteiger partial charge is 0.273 e. The van der Waals surface area contributed by atoms with Crippen LogP contribution < -0.4 is 5.32 Å². The van der Waals surface area contributed by atoms with Crippen LogP contribution in [-0.4, -0.2) is 25.8 Å². The number of nitrogens with zero attached hydrogens (tertiary/aromatic N) is 4. The van der Waals surface area contributed by atoms with Crippen LogP contribution in [0.4, 0.5) is 0 Å². The summed E-state index contributed by atoms with van der Waals surface area (Å²) >= 11 is 0. The second-order valence-electron chi connectivity index (χ2n) is 6.27. The minimum Gasteiger partial charge on any atom is -0.360 e. The summed E-state index contributed by atoms with van der Waals surface area (Å²) in [6, 6.07) is 11.5. The van der Waals surface area contributed by atoms with E-state index in [1.807, 2.05) is 30.3 Å². The third kappa shape index (κ3) is 3.76. The van der Waals surface area contributed by atoms with Crippen LogP contribution in [0.5, 0.6) is 0 Å². The minimum absolute atomic E-state index is 0.140. The number of rotatable bonds is 7. The zero-order valence-corrected chi connectivity index (χ0v) is 13.7. The molecule has 0 aliphatic heterocycles. The van der Waals surface area contributed by atoms with E-state index in [-0.39, 0.29) is 11.9 Å². The molecular weight excluding hydrogens is 318 g/mol. The number of benzene rings is 1. The van der Waals surface area contributed by atoms with E-state index in [1.54, 1.807) is 17.1 Å². The Morgan fingerprint density at radius 3 is 2.88 bits per heavy atom. The van der Waals surface area contributed by atoms with Crippen LogP contribution in [0.15, 0.2) is 53.6 Å². The summed E-state index contributed by atoms with van der Waals surface area (Å²) in [6.45, 7) is 0.659. The molecule has 1 fully saturated rings. The van der Waals surface area contributed by atoms with E-state index in [2.05, 4.69) is 20.6 Å². The number of hydrogen-bond donors (Lipinski definition) is 1. The van der Waals surface area contributed by atoms with Crippen molar-refractivity contribution >= 4 is 5.91 Å². The van der Waals surface area contributed by atoms with Crippen LogP contribution in [0.25, 0.3) is 0 Å². The van der Waals surface area contributed by atoms with Crippen molar-refractivity contribution in [2.45, 2.75) is 37.8 Å². The Balaban J connectivity index is 1.47. The second-order valence-corrected chi connectivity index (χ2v) is 6.27. The lowest BCUT2D eigenvalue weighted by Crippen LogP contribution is -2.29. The van der Waals surface area contributed by atoms with Gasteiger partial charge in [-0.25, -0.2) is 4.98 Å². The van der Waals surface area contributed by atoms with Crippen LogP contribution in [0, 0.1) is 0 Å². The van der Waals surface area contributed by atoms with Crippen molar-refractivity contribution in [1.29, 1.82) is 0 Å². The minimum atomic E-state index is -0.219. The topological polar surface area (TPSA) is 85.8 Å². The van der Waals surface area contributed by atoms with E-state index >= 15 is 0 Å². The Morgan fingerprint density at radius 1 is 1.32 bits per heavy atom. The molecule has 0 bridgehead atoms. The van der Waals surface area contributed by atoms with E-state index in [1.165, 1.54) is 6.33 Å². The normalized spacial score (nSPS) is 15.0. The van der Waals surface area contributed by atoms with E-state index in [0.717, 1.165) is 24.2 Å². The molecular formula is C18H19N5O2. The van der Waals surface area contributed by atoms with Gasteiger partial charge in [-0.15, -0.1) is 0 Å². The molecule has 1 aliphatic carbocycles. The van der Waals surface area contributed by atoms with Crippen LogP contribution >= 0.6 is 0 Å². The largest absolute Gasteiger partial charge is 0.360 e. The first-order valence-electron chi connectivity index (χ1n) is 8.44. The van der Waals surface area contributed by atoms with Gasteiger partial charge < -0.3 is 9.84 Å². The van der Waals surface area contributed by atoms with Crippen LogP contribution in [0.2, 0.25) is 0 Å². The highest BCUT2D eigenvalue weighted by atomic mass is 16.5. The molecule has 1 aromatic carbocycles. The number of nitrogens with one attached hydrogen (secondary N) is 1. The van der Waals surface area contributed by atoms with Crippen LogP contribution in [-0.2, 0) is 6.54 Å². The van der Waals surface area contributed by atoms with Gasteiger partial charge in [-0.2, -0.15) is 5.10 Å². The van der Waals surface area contributed by atoms with Gasteiger partial charge in [0.2, 0.25) is 0 Å². The standard InChI is InChI=1S/C18H19N5O2/c24-18(16-10-17(25-22-16)14-6-7-14)21-15(13-4-2-1-3-5-13)8-9-23-12-19-11-20-23/h1-5,10-12,14-15H,6-9H2,(H,21,24). The maximum atomic E-state index is 12.6. The fraction of sp³-hybridized carbons (Fsp3) is 0.333. The molecule has 7 nitrogen and oxygen atoms in total. The summed E-state index contributed by atoms with van der Waals surface area (Å²) in [4.78, 5) is 16.5. The monoisotopic (exact) mass is 337 g/mol. The van der Waals surface area contributed by atoms with Crippen molar-refractivity contribution in [1.82, 2.24) is 25.2 Å². The van der Waals surface area contributed by atoms with Crippen molar-refractivity contribution in [3.05, 3.63) is 66.1 Å². The molecule has 7 heteroatoms. The van der Waals surface area contributed by atoms with Gasteiger partial charge in [0.25, 0.3) is 5.91 Å². The molecule has 1 atom stereocenters. The molecule has 1 amide bonds. The van der Waals surface area contributed by atoms with Crippen molar-refractivity contribution in [3.8, 4) is 0 Å². The highest BCUT2D eigenvalue weighted by Crippen LogP contribution is 2.40. The first kappa shape index (κ1) is 15.6. The van der Waals surface area contributed by atoms with E-state index in [0.29, 0.717) is 24.6 Å². The molecule has 1 N–H and O–H groups in total. The number of hydrogen-bond acceptors (Lipinski definition) is 5. The molecule has 0 spiro atoms. The summed E-state index contributed by atoms with van der Waals surface area (Å²) in [6.07, 6.45) is 6.10. The Bertz CT molecular complexity index is 824. The molecule has 1 aliphatic rings. The molecule has 0 saturated heterocycles. The number of amides is 1. The summed E-state index contributed by atoms with van der Waals surface area (Å²) in [5.74, 6) is 1.03. The molecule has 2 heterocycles. The highest BCUT2D eigenvalue weighted by Gasteiger charge is 2.29. The highest BCUT2D eigenvalue weighted by molar-refractivity contribution is 5.92. The zero-order valence-electron chi connectivity index (χ0n) is 13.7. The molecule has 3 aromatic rings. The lowest BCUT2D eigenvalue weighted by Gasteiger charge is -2.18. The van der Waals surface area contributed by atoms with Gasteiger partial charge in [0.15, 0.2) is 5.69 Å². The third-order valence-electron chi connectivity index (χ3n) is 4.36. The van der Waals surface area contributed by atoms with Crippen LogP contribution in [0.3, 0.4) is 0 Å². The fourth-order valence-electron chi connectivity index (χ4n) is 2.81. The molecule has 2 aromatic heterocycles. The van der Waals surface area contributed by atoms with Gasteiger partial charge >= 0.3 is 0 Å². The van der Waals surface area contributed by atoms with Gasteiger partial charge in [-0.05, 0) is 24.8 Å². The first-order valence-corrected chi connectivity index (χ1v) is 8.44. The van der Waals surface area contributed by atoms with Gasteiger partial charge in [0.1, 0.15) is 18.4 Å². The molecule has 25 heavy (non-hydrogen) atoms. The Hall–Kier alpha value is -2.96. The van der Waals surface area contributed by atoms with Gasteiger partial charge in [-0.3, -0.25) is 9.48 Å². The van der Waals surface area contributed by atoms with Crippen molar-refractivity contribution in [3.63, 3.8) is 0 Å². The number of aryl methyl sites for hydroxylation is 1. The predicted molar refractivity (Wildman–Crippen MR) is 89.8 cm³/mol. The quantitative estimate of drug-likeness (QED) is 0.716. The zero-order chi connectivity index (χ0) is 17.1. The average molecular weight is 337 g/mol. The average Bonchev–Trinajstić information content (AvgIpc) is 3.15. The molecule has 128 valence electrons. The summed E-state index contributed by atoms with van der Waals surface area (Å²) < 4.78 is 7.04. The molecule has 1 saturated carbocycles. The Morgan fingerprint density at radius 2 is 2.16 bits per heavy atom. The summed E-state index contributed by atoms with van der Waals surface area (Å²) in [7, 11) is 0. The van der Waals surface area contributed by atoms with Crippen molar-refractivity contribution in [2.24, 2.45) is 0 Å². The Labute approximate surface area is 145 Å². The fourth-order valence-corrected chi connectivity index (χ4v) is 2.81.